The van der Waals surface area contributed by atoms with E-state index in [4.69, 9.17) is 5.11 Å². The summed E-state index contributed by atoms with van der Waals surface area (Å²) >= 11 is 3.27. The number of carbonyl (C=O) groups is 2. The second-order valence-corrected chi connectivity index (χ2v) is 4.81. The van der Waals surface area contributed by atoms with Crippen molar-refractivity contribution in [2.75, 3.05) is 6.54 Å². The van der Waals surface area contributed by atoms with Gasteiger partial charge in [0.25, 0.3) is 0 Å². The van der Waals surface area contributed by atoms with Crippen LogP contribution >= 0.6 is 15.9 Å². The number of benzene rings is 1. The fourth-order valence-corrected chi connectivity index (χ4v) is 1.86. The molecular formula is C12H14BrFN2O3. The van der Waals surface area contributed by atoms with Crippen molar-refractivity contribution in [2.24, 2.45) is 0 Å². The number of amides is 1. The first-order valence-electron chi connectivity index (χ1n) is 5.54. The zero-order chi connectivity index (χ0) is 14.4. The van der Waals surface area contributed by atoms with Gasteiger partial charge < -0.3 is 15.7 Å². The van der Waals surface area contributed by atoms with E-state index in [1.807, 2.05) is 0 Å². The van der Waals surface area contributed by atoms with Gasteiger partial charge in [0, 0.05) is 24.5 Å². The van der Waals surface area contributed by atoms with Crippen LogP contribution < -0.4 is 10.6 Å². The van der Waals surface area contributed by atoms with Gasteiger partial charge in [0.05, 0.1) is 0 Å². The Morgan fingerprint density at radius 1 is 1.47 bits per heavy atom. The normalized spacial score (nSPS) is 11.9. The molecule has 0 aliphatic carbocycles. The summed E-state index contributed by atoms with van der Waals surface area (Å²) in [7, 11) is 0. The number of carbonyl (C=O) groups excluding carboxylic acids is 1. The summed E-state index contributed by atoms with van der Waals surface area (Å²) in [6.07, 6.45) is 0. The number of hydrogen-bond acceptors (Lipinski definition) is 3. The Kier molecular flexibility index (Phi) is 5.91. The highest BCUT2D eigenvalue weighted by atomic mass is 79.9. The molecular weight excluding hydrogens is 319 g/mol. The molecule has 1 atom stereocenters. The predicted octanol–water partition coefficient (Wildman–Crippen LogP) is 1.27. The van der Waals surface area contributed by atoms with Crippen LogP contribution in [0.4, 0.5) is 4.39 Å². The molecule has 0 radical (unpaired) electrons. The topological polar surface area (TPSA) is 78.4 Å². The Labute approximate surface area is 118 Å². The van der Waals surface area contributed by atoms with Crippen LogP contribution in [0.5, 0.6) is 0 Å². The Bertz CT molecular complexity index is 482. The Morgan fingerprint density at radius 2 is 2.16 bits per heavy atom. The maximum atomic E-state index is 13.0. The summed E-state index contributed by atoms with van der Waals surface area (Å²) in [6.45, 7) is 1.60. The van der Waals surface area contributed by atoms with Crippen molar-refractivity contribution in [1.29, 1.82) is 0 Å². The van der Waals surface area contributed by atoms with Crippen LogP contribution in [0, 0.1) is 5.82 Å². The third-order valence-electron chi connectivity index (χ3n) is 2.35. The van der Waals surface area contributed by atoms with Crippen LogP contribution in [0.3, 0.4) is 0 Å². The monoisotopic (exact) mass is 332 g/mol. The molecule has 0 aliphatic rings. The van der Waals surface area contributed by atoms with Gasteiger partial charge in [-0.25, -0.2) is 9.18 Å². The summed E-state index contributed by atoms with van der Waals surface area (Å²) < 4.78 is 13.8. The van der Waals surface area contributed by atoms with E-state index in [1.165, 1.54) is 19.1 Å². The summed E-state index contributed by atoms with van der Waals surface area (Å²) in [4.78, 5) is 21.7. The molecule has 1 rings (SSSR count). The van der Waals surface area contributed by atoms with Gasteiger partial charge in [-0.1, -0.05) is 15.9 Å². The molecule has 5 nitrogen and oxygen atoms in total. The standard InChI is InChI=1S/C12H14BrFN2O3/c1-7(17)16-11(12(18)19)6-15-5-8-4-9(14)2-3-10(8)13/h2-4,11,15H,5-6H2,1H3,(H,16,17)(H,18,19). The van der Waals surface area contributed by atoms with Crippen LogP contribution in [0.15, 0.2) is 22.7 Å². The van der Waals surface area contributed by atoms with Crippen molar-refractivity contribution in [3.8, 4) is 0 Å². The number of aliphatic carboxylic acids is 1. The number of halogens is 2. The molecule has 19 heavy (non-hydrogen) atoms. The average molecular weight is 333 g/mol. The Hall–Kier alpha value is -1.47. The van der Waals surface area contributed by atoms with E-state index in [0.717, 1.165) is 4.47 Å². The van der Waals surface area contributed by atoms with Crippen LogP contribution in [0.25, 0.3) is 0 Å². The molecule has 1 unspecified atom stereocenters. The molecule has 0 saturated carbocycles. The van der Waals surface area contributed by atoms with Crippen molar-refractivity contribution < 1.29 is 19.1 Å². The maximum Gasteiger partial charge on any atom is 0.327 e. The van der Waals surface area contributed by atoms with Gasteiger partial charge in [-0.2, -0.15) is 0 Å². The van der Waals surface area contributed by atoms with Crippen LogP contribution in [0.2, 0.25) is 0 Å². The first kappa shape index (κ1) is 15.6. The van der Waals surface area contributed by atoms with Crippen molar-refractivity contribution in [3.05, 3.63) is 34.1 Å². The van der Waals surface area contributed by atoms with E-state index in [2.05, 4.69) is 26.6 Å². The SMILES string of the molecule is CC(=O)NC(CNCc1cc(F)ccc1Br)C(=O)O. The molecule has 0 bridgehead atoms. The molecule has 0 spiro atoms. The van der Waals surface area contributed by atoms with Crippen molar-refractivity contribution >= 4 is 27.8 Å². The van der Waals surface area contributed by atoms with Gasteiger partial charge in [0.15, 0.2) is 0 Å². The number of carboxylic acids is 1. The van der Waals surface area contributed by atoms with Gasteiger partial charge in [-0.05, 0) is 23.8 Å². The minimum atomic E-state index is -1.12. The lowest BCUT2D eigenvalue weighted by atomic mass is 10.2. The lowest BCUT2D eigenvalue weighted by Gasteiger charge is -2.14. The van der Waals surface area contributed by atoms with Crippen LogP contribution in [-0.2, 0) is 16.1 Å². The number of carboxylic acid groups (broad SMARTS) is 1. The van der Waals surface area contributed by atoms with Gasteiger partial charge in [0.1, 0.15) is 11.9 Å². The highest BCUT2D eigenvalue weighted by Crippen LogP contribution is 2.17. The minimum absolute atomic E-state index is 0.0534. The zero-order valence-corrected chi connectivity index (χ0v) is 11.8. The first-order chi connectivity index (χ1) is 8.90. The maximum absolute atomic E-state index is 13.0. The summed E-state index contributed by atoms with van der Waals surface area (Å²) in [5.74, 6) is -1.90. The molecule has 0 saturated heterocycles. The van der Waals surface area contributed by atoms with E-state index in [9.17, 15) is 14.0 Å². The molecule has 7 heteroatoms. The molecule has 0 aliphatic heterocycles. The van der Waals surface area contributed by atoms with Crippen LogP contribution in [0.1, 0.15) is 12.5 Å². The Balaban J connectivity index is 2.54. The Morgan fingerprint density at radius 3 is 2.74 bits per heavy atom. The molecule has 1 aromatic carbocycles. The molecule has 104 valence electrons. The zero-order valence-electron chi connectivity index (χ0n) is 10.2. The van der Waals surface area contributed by atoms with E-state index in [1.54, 1.807) is 6.07 Å². The fourth-order valence-electron chi connectivity index (χ4n) is 1.48. The largest absolute Gasteiger partial charge is 0.480 e. The van der Waals surface area contributed by atoms with Gasteiger partial charge >= 0.3 is 5.97 Å². The smallest absolute Gasteiger partial charge is 0.327 e. The van der Waals surface area contributed by atoms with Gasteiger partial charge in [-0.15, -0.1) is 0 Å². The molecule has 1 amide bonds. The number of nitrogens with one attached hydrogen (secondary N) is 2. The predicted molar refractivity (Wildman–Crippen MR) is 71.0 cm³/mol. The summed E-state index contributed by atoms with van der Waals surface area (Å²) in [6, 6.07) is 3.25. The van der Waals surface area contributed by atoms with E-state index < -0.39 is 17.9 Å². The van der Waals surface area contributed by atoms with Gasteiger partial charge in [-0.3, -0.25) is 4.79 Å². The second kappa shape index (κ2) is 7.20. The third-order valence-corrected chi connectivity index (χ3v) is 3.12. The van der Waals surface area contributed by atoms with Gasteiger partial charge in [0.2, 0.25) is 5.91 Å². The second-order valence-electron chi connectivity index (χ2n) is 3.96. The quantitative estimate of drug-likeness (QED) is 0.733. The van der Waals surface area contributed by atoms with Crippen LogP contribution in [-0.4, -0.2) is 29.6 Å². The minimum Gasteiger partial charge on any atom is -0.480 e. The molecule has 0 aromatic heterocycles. The van der Waals surface area contributed by atoms with E-state index in [-0.39, 0.29) is 12.4 Å². The number of rotatable bonds is 6. The first-order valence-corrected chi connectivity index (χ1v) is 6.34. The van der Waals surface area contributed by atoms with Crippen molar-refractivity contribution in [2.45, 2.75) is 19.5 Å². The highest BCUT2D eigenvalue weighted by molar-refractivity contribution is 9.10. The highest BCUT2D eigenvalue weighted by Gasteiger charge is 2.17. The summed E-state index contributed by atoms with van der Waals surface area (Å²) in [5, 5.41) is 14.1. The molecule has 0 fully saturated rings. The lowest BCUT2D eigenvalue weighted by molar-refractivity contribution is -0.141. The van der Waals surface area contributed by atoms with Crippen molar-refractivity contribution in [3.63, 3.8) is 0 Å². The van der Waals surface area contributed by atoms with E-state index >= 15 is 0 Å². The third kappa shape index (κ3) is 5.35. The average Bonchev–Trinajstić information content (AvgIpc) is 2.31. The molecule has 3 N–H and O–H groups in total. The molecule has 0 heterocycles. The van der Waals surface area contributed by atoms with E-state index in [0.29, 0.717) is 12.1 Å². The fraction of sp³-hybridized carbons (Fsp3) is 0.333. The lowest BCUT2D eigenvalue weighted by Crippen LogP contribution is -2.46. The summed E-state index contributed by atoms with van der Waals surface area (Å²) in [5.41, 5.74) is 0.673. The molecule has 1 aromatic rings. The van der Waals surface area contributed by atoms with Crippen molar-refractivity contribution in [1.82, 2.24) is 10.6 Å². The number of hydrogen-bond donors (Lipinski definition) is 3.